The Morgan fingerprint density at radius 3 is 2.77 bits per heavy atom. The summed E-state index contributed by atoms with van der Waals surface area (Å²) in [7, 11) is 0. The third kappa shape index (κ3) is 4.01. The first kappa shape index (κ1) is 19.0. The van der Waals surface area contributed by atoms with E-state index in [0.29, 0.717) is 30.6 Å². The highest BCUT2D eigenvalue weighted by molar-refractivity contribution is 7.13. The van der Waals surface area contributed by atoms with Crippen molar-refractivity contribution in [2.24, 2.45) is 0 Å². The molecular formula is C22H22N4O3S. The monoisotopic (exact) mass is 422 g/mol. The molecule has 7 nitrogen and oxygen atoms in total. The average Bonchev–Trinajstić information content (AvgIpc) is 3.53. The van der Waals surface area contributed by atoms with E-state index in [1.807, 2.05) is 52.7 Å². The summed E-state index contributed by atoms with van der Waals surface area (Å²) in [5, 5.41) is 7.02. The molecule has 3 aromatic heterocycles. The first-order valence-electron chi connectivity index (χ1n) is 10.1. The highest BCUT2D eigenvalue weighted by Crippen LogP contribution is 2.22. The zero-order chi connectivity index (χ0) is 20.3. The van der Waals surface area contributed by atoms with Gasteiger partial charge in [0.2, 0.25) is 11.7 Å². The molecule has 1 amide bonds. The third-order valence-electron chi connectivity index (χ3n) is 5.37. The van der Waals surface area contributed by atoms with Crippen molar-refractivity contribution in [1.29, 1.82) is 0 Å². The lowest BCUT2D eigenvalue weighted by molar-refractivity contribution is 0.0607. The number of hydrogen-bond acceptors (Lipinski definition) is 7. The summed E-state index contributed by atoms with van der Waals surface area (Å²) in [6.07, 6.45) is 1.71. The van der Waals surface area contributed by atoms with Gasteiger partial charge in [0, 0.05) is 38.0 Å². The minimum Gasteiger partial charge on any atom is -0.451 e. The lowest BCUT2D eigenvalue weighted by Crippen LogP contribution is -2.48. The zero-order valence-electron chi connectivity index (χ0n) is 16.5. The van der Waals surface area contributed by atoms with Gasteiger partial charge in [0.1, 0.15) is 5.58 Å². The Morgan fingerprint density at radius 2 is 1.97 bits per heavy atom. The molecule has 154 valence electrons. The van der Waals surface area contributed by atoms with Crippen LogP contribution >= 0.6 is 11.3 Å². The SMILES string of the molecule is O=C(c1cc2ccccc2o1)N1CCN(CCCc2nc(-c3cccs3)no2)CC1. The van der Waals surface area contributed by atoms with Crippen LogP contribution in [0.25, 0.3) is 21.7 Å². The fourth-order valence-electron chi connectivity index (χ4n) is 3.73. The number of nitrogens with zero attached hydrogens (tertiary/aromatic N) is 4. The maximum absolute atomic E-state index is 12.8. The normalized spacial score (nSPS) is 15.1. The second-order valence-electron chi connectivity index (χ2n) is 7.37. The zero-order valence-corrected chi connectivity index (χ0v) is 17.3. The number of para-hydroxylation sites is 1. The predicted molar refractivity (Wildman–Crippen MR) is 114 cm³/mol. The highest BCUT2D eigenvalue weighted by Gasteiger charge is 2.24. The molecule has 0 atom stereocenters. The van der Waals surface area contributed by atoms with Crippen LogP contribution in [0.15, 0.2) is 56.8 Å². The van der Waals surface area contributed by atoms with Crippen molar-refractivity contribution in [2.45, 2.75) is 12.8 Å². The molecule has 5 rings (SSSR count). The van der Waals surface area contributed by atoms with Gasteiger partial charge in [0.15, 0.2) is 5.76 Å². The van der Waals surface area contributed by atoms with Gasteiger partial charge in [-0.1, -0.05) is 29.4 Å². The van der Waals surface area contributed by atoms with Crippen molar-refractivity contribution in [3.8, 4) is 10.7 Å². The van der Waals surface area contributed by atoms with Crippen LogP contribution in [0.5, 0.6) is 0 Å². The number of benzene rings is 1. The third-order valence-corrected chi connectivity index (χ3v) is 6.24. The van der Waals surface area contributed by atoms with E-state index in [1.165, 1.54) is 0 Å². The molecule has 1 fully saturated rings. The van der Waals surface area contributed by atoms with Crippen molar-refractivity contribution in [1.82, 2.24) is 19.9 Å². The van der Waals surface area contributed by atoms with Crippen LogP contribution < -0.4 is 0 Å². The minimum absolute atomic E-state index is 0.0298. The Hall–Kier alpha value is -2.97. The maximum Gasteiger partial charge on any atom is 0.289 e. The van der Waals surface area contributed by atoms with Gasteiger partial charge in [-0.15, -0.1) is 11.3 Å². The van der Waals surface area contributed by atoms with Crippen molar-refractivity contribution in [3.05, 3.63) is 59.5 Å². The van der Waals surface area contributed by atoms with E-state index in [1.54, 1.807) is 11.3 Å². The molecule has 1 aliphatic rings. The number of aryl methyl sites for hydroxylation is 1. The highest BCUT2D eigenvalue weighted by atomic mass is 32.1. The van der Waals surface area contributed by atoms with Gasteiger partial charge in [-0.25, -0.2) is 0 Å². The van der Waals surface area contributed by atoms with Crippen molar-refractivity contribution < 1.29 is 13.7 Å². The molecule has 30 heavy (non-hydrogen) atoms. The number of piperazine rings is 1. The van der Waals surface area contributed by atoms with Gasteiger partial charge in [-0.05, 0) is 36.5 Å². The second-order valence-corrected chi connectivity index (χ2v) is 8.32. The maximum atomic E-state index is 12.8. The Balaban J connectivity index is 1.09. The minimum atomic E-state index is -0.0298. The van der Waals surface area contributed by atoms with Crippen LogP contribution in [0.3, 0.4) is 0 Å². The smallest absolute Gasteiger partial charge is 0.289 e. The van der Waals surface area contributed by atoms with Crippen LogP contribution in [-0.4, -0.2) is 58.6 Å². The lowest BCUT2D eigenvalue weighted by atomic mass is 10.2. The van der Waals surface area contributed by atoms with E-state index in [-0.39, 0.29) is 5.91 Å². The molecule has 1 aromatic carbocycles. The summed E-state index contributed by atoms with van der Waals surface area (Å²) in [6, 6.07) is 13.5. The molecule has 4 aromatic rings. The van der Waals surface area contributed by atoms with Gasteiger partial charge >= 0.3 is 0 Å². The summed E-state index contributed by atoms with van der Waals surface area (Å²) in [4.78, 5) is 22.5. The van der Waals surface area contributed by atoms with E-state index in [9.17, 15) is 4.79 Å². The lowest BCUT2D eigenvalue weighted by Gasteiger charge is -2.34. The van der Waals surface area contributed by atoms with Crippen LogP contribution in [0.2, 0.25) is 0 Å². The summed E-state index contributed by atoms with van der Waals surface area (Å²) in [5.74, 6) is 1.73. The number of carbonyl (C=O) groups is 1. The molecule has 0 unspecified atom stereocenters. The standard InChI is InChI=1S/C22H22N4O3S/c27-22(18-15-16-5-1-2-6-17(16)28-18)26-12-10-25(11-13-26)9-3-8-20-23-21(24-29-20)19-7-4-14-30-19/h1-2,4-7,14-15H,3,8-13H2. The van der Waals surface area contributed by atoms with Gasteiger partial charge in [-0.2, -0.15) is 4.98 Å². The summed E-state index contributed by atoms with van der Waals surface area (Å²) in [5.41, 5.74) is 0.753. The number of rotatable bonds is 6. The molecule has 1 saturated heterocycles. The molecule has 4 heterocycles. The number of amides is 1. The van der Waals surface area contributed by atoms with Crippen LogP contribution in [0, 0.1) is 0 Å². The van der Waals surface area contributed by atoms with E-state index in [2.05, 4.69) is 15.0 Å². The van der Waals surface area contributed by atoms with Crippen LogP contribution in [0.4, 0.5) is 0 Å². The number of furan rings is 1. The molecule has 0 N–H and O–H groups in total. The predicted octanol–water partition coefficient (Wildman–Crippen LogP) is 3.93. The summed E-state index contributed by atoms with van der Waals surface area (Å²) in [6.45, 7) is 4.08. The fourth-order valence-corrected chi connectivity index (χ4v) is 4.38. The topological polar surface area (TPSA) is 75.6 Å². The second kappa shape index (κ2) is 8.41. The van der Waals surface area contributed by atoms with Crippen LogP contribution in [0.1, 0.15) is 22.9 Å². The van der Waals surface area contributed by atoms with Gasteiger partial charge < -0.3 is 13.8 Å². The number of aromatic nitrogens is 2. The van der Waals surface area contributed by atoms with Crippen molar-refractivity contribution >= 4 is 28.2 Å². The first-order chi connectivity index (χ1) is 14.8. The first-order valence-corrected chi connectivity index (χ1v) is 11.0. The molecular weight excluding hydrogens is 400 g/mol. The molecule has 1 aliphatic heterocycles. The largest absolute Gasteiger partial charge is 0.451 e. The summed E-state index contributed by atoms with van der Waals surface area (Å²) >= 11 is 1.61. The Labute approximate surface area is 177 Å². The van der Waals surface area contributed by atoms with Crippen molar-refractivity contribution in [2.75, 3.05) is 32.7 Å². The quantitative estimate of drug-likeness (QED) is 0.469. The van der Waals surface area contributed by atoms with Gasteiger partial charge in [0.05, 0.1) is 4.88 Å². The molecule has 0 aliphatic carbocycles. The van der Waals surface area contributed by atoms with Crippen LogP contribution in [-0.2, 0) is 6.42 Å². The van der Waals surface area contributed by atoms with E-state index in [0.717, 1.165) is 48.3 Å². The van der Waals surface area contributed by atoms with E-state index in [4.69, 9.17) is 8.94 Å². The Kier molecular flexibility index (Phi) is 5.33. The number of hydrogen-bond donors (Lipinski definition) is 0. The Morgan fingerprint density at radius 1 is 1.10 bits per heavy atom. The molecule has 8 heteroatoms. The molecule has 0 spiro atoms. The average molecular weight is 423 g/mol. The van der Waals surface area contributed by atoms with Crippen molar-refractivity contribution in [3.63, 3.8) is 0 Å². The van der Waals surface area contributed by atoms with E-state index >= 15 is 0 Å². The van der Waals surface area contributed by atoms with E-state index < -0.39 is 0 Å². The number of thiophene rings is 1. The van der Waals surface area contributed by atoms with Gasteiger partial charge in [0.25, 0.3) is 5.91 Å². The molecule has 0 saturated carbocycles. The summed E-state index contributed by atoms with van der Waals surface area (Å²) < 4.78 is 11.1. The molecule has 0 bridgehead atoms. The fraction of sp³-hybridized carbons (Fsp3) is 0.318. The van der Waals surface area contributed by atoms with Gasteiger partial charge in [-0.3, -0.25) is 9.69 Å². The number of fused-ring (bicyclic) bond motifs is 1. The number of carbonyl (C=O) groups excluding carboxylic acids is 1. The Bertz CT molecular complexity index is 1090. The molecule has 0 radical (unpaired) electrons.